The van der Waals surface area contributed by atoms with Crippen molar-refractivity contribution >= 4 is 0 Å². The molecule has 0 aromatic heterocycles. The van der Waals surface area contributed by atoms with E-state index < -0.39 is 0 Å². The van der Waals surface area contributed by atoms with Crippen LogP contribution in [0.1, 0.15) is 104 Å². The summed E-state index contributed by atoms with van der Waals surface area (Å²) in [5, 5.41) is 0. The molecule has 0 aliphatic heterocycles. The molecule has 3 aliphatic carbocycles. The second-order valence-corrected chi connectivity index (χ2v) is 9.06. The molecule has 3 aliphatic rings. The van der Waals surface area contributed by atoms with Crippen molar-refractivity contribution in [3.8, 4) is 0 Å². The maximum atomic E-state index is 2.67. The molecule has 0 aromatic rings. The maximum Gasteiger partial charge on any atom is -0.0357 e. The minimum Gasteiger partial charge on any atom is -0.0651 e. The van der Waals surface area contributed by atoms with Crippen molar-refractivity contribution in [1.29, 1.82) is 0 Å². The average Bonchev–Trinajstić information content (AvgIpc) is 3.32. The van der Waals surface area contributed by atoms with Gasteiger partial charge in [0.15, 0.2) is 0 Å². The van der Waals surface area contributed by atoms with Crippen LogP contribution in [0, 0.1) is 35.5 Å². The predicted molar refractivity (Wildman–Crippen MR) is 96.9 cm³/mol. The van der Waals surface area contributed by atoms with Crippen LogP contribution in [0.4, 0.5) is 0 Å². The molecule has 0 bridgehead atoms. The highest BCUT2D eigenvalue weighted by Crippen LogP contribution is 2.49. The van der Waals surface area contributed by atoms with Gasteiger partial charge in [-0.15, -0.1) is 0 Å². The van der Waals surface area contributed by atoms with Crippen LogP contribution in [0.25, 0.3) is 0 Å². The Bertz CT molecular complexity index is 316. The van der Waals surface area contributed by atoms with Gasteiger partial charge in [-0.1, -0.05) is 78.1 Å². The third-order valence-electron chi connectivity index (χ3n) is 7.72. The minimum absolute atomic E-state index is 1.02. The highest BCUT2D eigenvalue weighted by Gasteiger charge is 2.40. The summed E-state index contributed by atoms with van der Waals surface area (Å²) in [5.41, 5.74) is 0. The van der Waals surface area contributed by atoms with Crippen LogP contribution in [0.3, 0.4) is 0 Å². The Balaban J connectivity index is 1.73. The van der Waals surface area contributed by atoms with Crippen LogP contribution in [0.2, 0.25) is 0 Å². The molecule has 0 heterocycles. The molecular weight excluding hydrogens is 264 g/mol. The van der Waals surface area contributed by atoms with Crippen LogP contribution in [-0.4, -0.2) is 0 Å². The van der Waals surface area contributed by atoms with E-state index in [0.717, 1.165) is 35.5 Å². The Morgan fingerprint density at radius 3 is 1.95 bits per heavy atom. The molecule has 0 aromatic carbocycles. The van der Waals surface area contributed by atoms with Gasteiger partial charge in [-0.25, -0.2) is 0 Å². The van der Waals surface area contributed by atoms with Crippen molar-refractivity contribution in [2.75, 3.05) is 0 Å². The predicted octanol–water partition coefficient (Wildman–Crippen LogP) is 7.23. The fourth-order valence-electron chi connectivity index (χ4n) is 6.06. The number of rotatable bonds is 2. The van der Waals surface area contributed by atoms with Gasteiger partial charge >= 0.3 is 0 Å². The SMILES string of the molecule is CCC1CCCC2CCCCCCC2C(C)C(C2CC2)CC1. The van der Waals surface area contributed by atoms with Crippen LogP contribution >= 0.6 is 0 Å². The number of hydrogen-bond acceptors (Lipinski definition) is 0. The zero-order valence-electron chi connectivity index (χ0n) is 15.4. The molecule has 5 atom stereocenters. The quantitative estimate of drug-likeness (QED) is 0.505. The van der Waals surface area contributed by atoms with Gasteiger partial charge in [0.1, 0.15) is 0 Å². The van der Waals surface area contributed by atoms with Gasteiger partial charge in [0.05, 0.1) is 0 Å². The van der Waals surface area contributed by atoms with Crippen LogP contribution in [-0.2, 0) is 0 Å². The molecule has 0 spiro atoms. The smallest absolute Gasteiger partial charge is 0.0357 e. The van der Waals surface area contributed by atoms with E-state index in [2.05, 4.69) is 13.8 Å². The maximum absolute atomic E-state index is 2.67. The van der Waals surface area contributed by atoms with Gasteiger partial charge < -0.3 is 0 Å². The van der Waals surface area contributed by atoms with Gasteiger partial charge in [0.25, 0.3) is 0 Å². The zero-order valence-corrected chi connectivity index (χ0v) is 15.4. The minimum atomic E-state index is 1.02. The van der Waals surface area contributed by atoms with Gasteiger partial charge in [-0.05, 0) is 61.2 Å². The number of fused-ring (bicyclic) bond motifs is 1. The molecule has 0 saturated heterocycles. The molecule has 3 rings (SSSR count). The Morgan fingerprint density at radius 2 is 1.23 bits per heavy atom. The van der Waals surface area contributed by atoms with Crippen LogP contribution in [0.5, 0.6) is 0 Å². The Hall–Kier alpha value is 0. The first kappa shape index (κ1) is 16.8. The monoisotopic (exact) mass is 304 g/mol. The molecule has 0 radical (unpaired) electrons. The average molecular weight is 305 g/mol. The second-order valence-electron chi connectivity index (χ2n) is 9.06. The third kappa shape index (κ3) is 4.30. The van der Waals surface area contributed by atoms with Gasteiger partial charge in [-0.3, -0.25) is 0 Å². The first-order valence-corrected chi connectivity index (χ1v) is 10.8. The normalized spacial score (nSPS) is 42.0. The summed E-state index contributed by atoms with van der Waals surface area (Å²) in [6.07, 6.45) is 21.5. The van der Waals surface area contributed by atoms with Crippen molar-refractivity contribution in [2.45, 2.75) is 104 Å². The van der Waals surface area contributed by atoms with Gasteiger partial charge in [0.2, 0.25) is 0 Å². The summed E-state index contributed by atoms with van der Waals surface area (Å²) in [6, 6.07) is 0. The molecule has 22 heavy (non-hydrogen) atoms. The lowest BCUT2D eigenvalue weighted by atomic mass is 9.66. The third-order valence-corrected chi connectivity index (χ3v) is 7.72. The molecular formula is C22H40. The van der Waals surface area contributed by atoms with Crippen molar-refractivity contribution < 1.29 is 0 Å². The van der Waals surface area contributed by atoms with Crippen LogP contribution in [0.15, 0.2) is 0 Å². The Kier molecular flexibility index (Phi) is 6.28. The zero-order chi connectivity index (χ0) is 15.4. The van der Waals surface area contributed by atoms with E-state index >= 15 is 0 Å². The largest absolute Gasteiger partial charge is 0.0651 e. The van der Waals surface area contributed by atoms with Crippen LogP contribution < -0.4 is 0 Å². The van der Waals surface area contributed by atoms with E-state index in [9.17, 15) is 0 Å². The first-order chi connectivity index (χ1) is 10.8. The molecule has 0 N–H and O–H groups in total. The topological polar surface area (TPSA) is 0 Å². The summed E-state index contributed by atoms with van der Waals surface area (Å²) in [4.78, 5) is 0. The standard InChI is InChI=1S/C22H40/c1-3-18-9-8-11-19-10-6-4-5-7-12-21(19)17(2)22(16-13-18)20-14-15-20/h17-22H,3-16H2,1-2H3. The molecule has 5 unspecified atom stereocenters. The summed E-state index contributed by atoms with van der Waals surface area (Å²) in [5.74, 6) is 6.41. The number of hydrogen-bond donors (Lipinski definition) is 0. The lowest BCUT2D eigenvalue weighted by molar-refractivity contribution is 0.104. The second kappa shape index (κ2) is 8.20. The lowest BCUT2D eigenvalue weighted by Crippen LogP contribution is -2.31. The van der Waals surface area contributed by atoms with Gasteiger partial charge in [0, 0.05) is 0 Å². The van der Waals surface area contributed by atoms with E-state index in [-0.39, 0.29) is 0 Å². The van der Waals surface area contributed by atoms with Crippen molar-refractivity contribution in [3.05, 3.63) is 0 Å². The van der Waals surface area contributed by atoms with E-state index in [1.807, 2.05) is 0 Å². The van der Waals surface area contributed by atoms with E-state index in [1.165, 1.54) is 44.9 Å². The van der Waals surface area contributed by atoms with Gasteiger partial charge in [-0.2, -0.15) is 0 Å². The highest BCUT2D eigenvalue weighted by molar-refractivity contribution is 4.90. The summed E-state index contributed by atoms with van der Waals surface area (Å²) in [7, 11) is 0. The summed E-state index contributed by atoms with van der Waals surface area (Å²) >= 11 is 0. The summed E-state index contributed by atoms with van der Waals surface area (Å²) in [6.45, 7) is 5.11. The fraction of sp³-hybridized carbons (Fsp3) is 1.00. The van der Waals surface area contributed by atoms with E-state index in [0.29, 0.717) is 0 Å². The molecule has 128 valence electrons. The van der Waals surface area contributed by atoms with Crippen molar-refractivity contribution in [1.82, 2.24) is 0 Å². The molecule has 0 nitrogen and oxygen atoms in total. The lowest BCUT2D eigenvalue weighted by Gasteiger charge is -2.40. The van der Waals surface area contributed by atoms with Crippen molar-refractivity contribution in [3.63, 3.8) is 0 Å². The Morgan fingerprint density at radius 1 is 0.591 bits per heavy atom. The summed E-state index contributed by atoms with van der Waals surface area (Å²) < 4.78 is 0. The fourth-order valence-corrected chi connectivity index (χ4v) is 6.06. The van der Waals surface area contributed by atoms with Crippen molar-refractivity contribution in [2.24, 2.45) is 35.5 Å². The molecule has 3 fully saturated rings. The highest BCUT2D eigenvalue weighted by atomic mass is 14.4. The van der Waals surface area contributed by atoms with E-state index in [4.69, 9.17) is 0 Å². The first-order valence-electron chi connectivity index (χ1n) is 10.8. The molecule has 3 saturated carbocycles. The molecule has 0 heteroatoms. The van der Waals surface area contributed by atoms with E-state index in [1.54, 1.807) is 44.9 Å². The molecule has 0 amide bonds. The Labute approximate surface area is 139 Å².